The largest absolute Gasteiger partial charge is 0.378 e. The molecule has 7 heteroatoms. The van der Waals surface area contributed by atoms with Crippen LogP contribution in [-0.4, -0.2) is 42.2 Å². The Kier molecular flexibility index (Phi) is 3.11. The smallest absolute Gasteiger partial charge is 0.256 e. The standard InChI is InChI=1S/C13H14N4O3/c14-12(19)10-11(18)8-1-2-15-7-9(8)16-13(10)17-3-5-20-6-4-17/h1-2,7H,3-6H2,(H2,14,19)(H,16,18). The van der Waals surface area contributed by atoms with Crippen molar-refractivity contribution >= 4 is 22.6 Å². The lowest BCUT2D eigenvalue weighted by atomic mass is 10.1. The van der Waals surface area contributed by atoms with Crippen LogP contribution in [-0.2, 0) is 4.74 Å². The van der Waals surface area contributed by atoms with E-state index >= 15 is 0 Å². The number of fused-ring (bicyclic) bond motifs is 1. The van der Waals surface area contributed by atoms with Gasteiger partial charge in [-0.15, -0.1) is 0 Å². The van der Waals surface area contributed by atoms with E-state index < -0.39 is 5.91 Å². The van der Waals surface area contributed by atoms with Crippen LogP contribution in [0.2, 0.25) is 0 Å². The van der Waals surface area contributed by atoms with Gasteiger partial charge >= 0.3 is 0 Å². The van der Waals surface area contributed by atoms with Gasteiger partial charge in [-0.2, -0.15) is 0 Å². The van der Waals surface area contributed by atoms with Crippen LogP contribution >= 0.6 is 0 Å². The molecular weight excluding hydrogens is 260 g/mol. The van der Waals surface area contributed by atoms with Gasteiger partial charge in [0.15, 0.2) is 0 Å². The first-order chi connectivity index (χ1) is 9.68. The van der Waals surface area contributed by atoms with Gasteiger partial charge in [0.25, 0.3) is 5.91 Å². The molecule has 3 N–H and O–H groups in total. The summed E-state index contributed by atoms with van der Waals surface area (Å²) in [6, 6.07) is 1.57. The van der Waals surface area contributed by atoms with E-state index in [9.17, 15) is 9.59 Å². The highest BCUT2D eigenvalue weighted by Gasteiger charge is 2.22. The van der Waals surface area contributed by atoms with Crippen LogP contribution in [0.5, 0.6) is 0 Å². The van der Waals surface area contributed by atoms with E-state index in [1.165, 1.54) is 6.20 Å². The molecule has 2 aromatic rings. The second-order valence-corrected chi connectivity index (χ2v) is 4.56. The Balaban J connectivity index is 2.26. The number of nitrogens with one attached hydrogen (secondary N) is 1. The summed E-state index contributed by atoms with van der Waals surface area (Å²) in [5, 5.41) is 0.408. The van der Waals surface area contributed by atoms with E-state index in [4.69, 9.17) is 10.5 Å². The first kappa shape index (κ1) is 12.6. The highest BCUT2D eigenvalue weighted by Crippen LogP contribution is 2.19. The maximum Gasteiger partial charge on any atom is 0.256 e. The Morgan fingerprint density at radius 1 is 1.40 bits per heavy atom. The van der Waals surface area contributed by atoms with E-state index in [0.717, 1.165) is 0 Å². The molecule has 0 radical (unpaired) electrons. The van der Waals surface area contributed by atoms with Crippen LogP contribution in [0.3, 0.4) is 0 Å². The van der Waals surface area contributed by atoms with Crippen molar-refractivity contribution in [1.29, 1.82) is 0 Å². The summed E-state index contributed by atoms with van der Waals surface area (Å²) < 4.78 is 5.28. The number of H-pyrrole nitrogens is 1. The summed E-state index contributed by atoms with van der Waals surface area (Å²) in [5.74, 6) is -0.280. The number of rotatable bonds is 2. The number of pyridine rings is 2. The van der Waals surface area contributed by atoms with Crippen molar-refractivity contribution in [2.24, 2.45) is 5.73 Å². The fourth-order valence-corrected chi connectivity index (χ4v) is 2.38. The number of nitrogens with two attached hydrogens (primary N) is 1. The molecule has 0 atom stereocenters. The highest BCUT2D eigenvalue weighted by atomic mass is 16.5. The molecule has 0 unspecified atom stereocenters. The van der Waals surface area contributed by atoms with E-state index in [-0.39, 0.29) is 11.0 Å². The third-order valence-corrected chi connectivity index (χ3v) is 3.36. The summed E-state index contributed by atoms with van der Waals surface area (Å²) >= 11 is 0. The fraction of sp³-hybridized carbons (Fsp3) is 0.308. The van der Waals surface area contributed by atoms with Crippen LogP contribution in [0.15, 0.2) is 23.3 Å². The Morgan fingerprint density at radius 2 is 2.15 bits per heavy atom. The summed E-state index contributed by atoms with van der Waals surface area (Å²) in [6.07, 6.45) is 3.07. The number of primary amides is 1. The first-order valence-electron chi connectivity index (χ1n) is 6.31. The quantitative estimate of drug-likeness (QED) is 0.793. The van der Waals surface area contributed by atoms with Crippen LogP contribution in [0.25, 0.3) is 10.9 Å². The van der Waals surface area contributed by atoms with Gasteiger partial charge < -0.3 is 20.4 Å². The molecule has 1 fully saturated rings. The van der Waals surface area contributed by atoms with E-state index in [0.29, 0.717) is 43.0 Å². The number of carbonyl (C=O) groups is 1. The Hall–Kier alpha value is -2.41. The topological polar surface area (TPSA) is 101 Å². The number of morpholine rings is 1. The minimum atomic E-state index is -0.730. The number of carbonyl (C=O) groups excluding carboxylic acids is 1. The summed E-state index contributed by atoms with van der Waals surface area (Å²) in [4.78, 5) is 33.1. The molecule has 2 aromatic heterocycles. The molecule has 7 nitrogen and oxygen atoms in total. The van der Waals surface area contributed by atoms with E-state index in [1.54, 1.807) is 12.3 Å². The molecule has 0 spiro atoms. The minimum absolute atomic E-state index is 0.00870. The molecule has 1 aliphatic heterocycles. The van der Waals surface area contributed by atoms with Crippen molar-refractivity contribution in [2.45, 2.75) is 0 Å². The molecule has 1 amide bonds. The molecule has 0 bridgehead atoms. The molecule has 0 aromatic carbocycles. The summed E-state index contributed by atoms with van der Waals surface area (Å²) in [6.45, 7) is 2.29. The van der Waals surface area contributed by atoms with Gasteiger partial charge in [0.2, 0.25) is 5.43 Å². The van der Waals surface area contributed by atoms with Crippen molar-refractivity contribution in [3.63, 3.8) is 0 Å². The number of aromatic nitrogens is 2. The van der Waals surface area contributed by atoms with Crippen molar-refractivity contribution in [3.05, 3.63) is 34.2 Å². The van der Waals surface area contributed by atoms with Gasteiger partial charge in [-0.1, -0.05) is 0 Å². The number of hydrogen-bond donors (Lipinski definition) is 2. The SMILES string of the molecule is NC(=O)c1c(N2CCOCC2)[nH]c2cnccc2c1=O. The van der Waals surface area contributed by atoms with Crippen LogP contribution in [0, 0.1) is 0 Å². The van der Waals surface area contributed by atoms with Crippen LogP contribution in [0.4, 0.5) is 5.82 Å². The predicted molar refractivity (Wildman–Crippen MR) is 73.9 cm³/mol. The Bertz CT molecular complexity index is 719. The van der Waals surface area contributed by atoms with Crippen LogP contribution in [0.1, 0.15) is 10.4 Å². The van der Waals surface area contributed by atoms with Gasteiger partial charge in [0.1, 0.15) is 11.4 Å². The van der Waals surface area contributed by atoms with Gasteiger partial charge in [0.05, 0.1) is 24.9 Å². The number of ether oxygens (including phenoxy) is 1. The van der Waals surface area contributed by atoms with Crippen molar-refractivity contribution in [1.82, 2.24) is 9.97 Å². The molecule has 1 aliphatic rings. The highest BCUT2D eigenvalue weighted by molar-refractivity contribution is 6.01. The normalized spacial score (nSPS) is 15.5. The van der Waals surface area contributed by atoms with Gasteiger partial charge in [-0.25, -0.2) is 0 Å². The lowest BCUT2D eigenvalue weighted by Crippen LogP contribution is -2.39. The monoisotopic (exact) mass is 274 g/mol. The van der Waals surface area contributed by atoms with Gasteiger partial charge in [-0.05, 0) is 6.07 Å². The molecule has 0 saturated carbocycles. The molecular formula is C13H14N4O3. The zero-order valence-corrected chi connectivity index (χ0v) is 10.8. The fourth-order valence-electron chi connectivity index (χ4n) is 2.38. The van der Waals surface area contributed by atoms with Gasteiger partial charge in [0, 0.05) is 24.7 Å². The Labute approximate surface area is 114 Å². The zero-order valence-electron chi connectivity index (χ0n) is 10.8. The van der Waals surface area contributed by atoms with Crippen molar-refractivity contribution in [2.75, 3.05) is 31.2 Å². The summed E-state index contributed by atoms with van der Waals surface area (Å²) in [5.41, 5.74) is 5.59. The lowest BCUT2D eigenvalue weighted by molar-refractivity contribution is 0.0997. The number of aromatic amines is 1. The van der Waals surface area contributed by atoms with Crippen molar-refractivity contribution < 1.29 is 9.53 Å². The van der Waals surface area contributed by atoms with E-state index in [1.807, 2.05) is 4.90 Å². The van der Waals surface area contributed by atoms with Crippen LogP contribution < -0.4 is 16.1 Å². The second kappa shape index (κ2) is 4.93. The number of hydrogen-bond acceptors (Lipinski definition) is 5. The zero-order chi connectivity index (χ0) is 14.1. The Morgan fingerprint density at radius 3 is 2.85 bits per heavy atom. The number of anilines is 1. The summed E-state index contributed by atoms with van der Waals surface area (Å²) in [7, 11) is 0. The second-order valence-electron chi connectivity index (χ2n) is 4.56. The number of nitrogens with zero attached hydrogens (tertiary/aromatic N) is 2. The molecule has 20 heavy (non-hydrogen) atoms. The average molecular weight is 274 g/mol. The average Bonchev–Trinajstić information content (AvgIpc) is 2.47. The maximum atomic E-state index is 12.4. The van der Waals surface area contributed by atoms with E-state index in [2.05, 4.69) is 9.97 Å². The molecule has 3 rings (SSSR count). The molecule has 1 saturated heterocycles. The molecule has 3 heterocycles. The minimum Gasteiger partial charge on any atom is -0.378 e. The third-order valence-electron chi connectivity index (χ3n) is 3.36. The van der Waals surface area contributed by atoms with Crippen molar-refractivity contribution in [3.8, 4) is 0 Å². The third kappa shape index (κ3) is 2.01. The maximum absolute atomic E-state index is 12.4. The number of amides is 1. The molecule has 104 valence electrons. The molecule has 0 aliphatic carbocycles. The van der Waals surface area contributed by atoms with Gasteiger partial charge in [-0.3, -0.25) is 14.6 Å². The predicted octanol–water partition coefficient (Wildman–Crippen LogP) is -0.141. The first-order valence-corrected chi connectivity index (χ1v) is 6.31. The lowest BCUT2D eigenvalue weighted by Gasteiger charge is -2.29.